The maximum Gasteiger partial charge on any atom is 0.243 e. The summed E-state index contributed by atoms with van der Waals surface area (Å²) in [5.41, 5.74) is 0. The van der Waals surface area contributed by atoms with E-state index in [4.69, 9.17) is 0 Å². The predicted octanol–water partition coefficient (Wildman–Crippen LogP) is 2.99. The van der Waals surface area contributed by atoms with E-state index in [0.29, 0.717) is 12.1 Å². The molecule has 1 aliphatic heterocycles. The number of hydrogen-bond acceptors (Lipinski definition) is 3. The first-order valence-corrected chi connectivity index (χ1v) is 12.0. The van der Waals surface area contributed by atoms with Gasteiger partial charge >= 0.3 is 0 Å². The van der Waals surface area contributed by atoms with Crippen LogP contribution < -0.4 is 10.6 Å². The van der Waals surface area contributed by atoms with Crippen LogP contribution in [0.3, 0.4) is 0 Å². The molecule has 2 N–H and O–H groups in total. The number of guanidine groups is 1. The molecule has 0 radical (unpaired) electrons. The molecule has 3 rings (SSSR count). The quantitative estimate of drug-likeness (QED) is 0.545. The van der Waals surface area contributed by atoms with E-state index >= 15 is 0 Å². The molecule has 1 amide bonds. The Morgan fingerprint density at radius 2 is 1.48 bits per heavy atom. The Bertz CT molecular complexity index is 527. The molecule has 3 fully saturated rings. The van der Waals surface area contributed by atoms with Gasteiger partial charge in [0.1, 0.15) is 6.54 Å². The van der Waals surface area contributed by atoms with Crippen molar-refractivity contribution in [3.05, 3.63) is 0 Å². The number of carbonyl (C=O) groups is 1. The number of likely N-dealkylation sites (tertiary alicyclic amines) is 1. The molecule has 6 heteroatoms. The summed E-state index contributed by atoms with van der Waals surface area (Å²) in [5, 5.41) is 7.31. The lowest BCUT2D eigenvalue weighted by Crippen LogP contribution is -2.51. The minimum Gasteiger partial charge on any atom is -0.354 e. The lowest BCUT2D eigenvalue weighted by Gasteiger charge is -2.40. The van der Waals surface area contributed by atoms with Gasteiger partial charge in [-0.15, -0.1) is 0 Å². The molecule has 0 aromatic rings. The average molecular weight is 406 g/mol. The van der Waals surface area contributed by atoms with Crippen molar-refractivity contribution in [1.82, 2.24) is 20.4 Å². The van der Waals surface area contributed by atoms with Crippen LogP contribution in [-0.4, -0.2) is 73.5 Å². The second-order valence-electron chi connectivity index (χ2n) is 9.80. The van der Waals surface area contributed by atoms with E-state index in [-0.39, 0.29) is 12.5 Å². The third-order valence-electron chi connectivity index (χ3n) is 7.19. The van der Waals surface area contributed by atoms with E-state index < -0.39 is 0 Å². The summed E-state index contributed by atoms with van der Waals surface area (Å²) in [5.74, 6) is 1.80. The lowest BCUT2D eigenvalue weighted by atomic mass is 9.88. The van der Waals surface area contributed by atoms with Crippen molar-refractivity contribution >= 4 is 11.9 Å². The zero-order chi connectivity index (χ0) is 20.6. The molecule has 3 aliphatic rings. The minimum atomic E-state index is 0.0535. The fourth-order valence-electron chi connectivity index (χ4n) is 5.03. The first kappa shape index (κ1) is 22.4. The normalized spacial score (nSPS) is 28.2. The third kappa shape index (κ3) is 7.16. The van der Waals surface area contributed by atoms with E-state index in [1.54, 1.807) is 19.0 Å². The van der Waals surface area contributed by atoms with Crippen LogP contribution in [0.5, 0.6) is 0 Å². The lowest BCUT2D eigenvalue weighted by molar-refractivity contribution is -0.127. The Kier molecular flexibility index (Phi) is 8.64. The second-order valence-corrected chi connectivity index (χ2v) is 9.80. The van der Waals surface area contributed by atoms with Gasteiger partial charge in [-0.1, -0.05) is 26.2 Å². The van der Waals surface area contributed by atoms with Crippen LogP contribution in [0.1, 0.15) is 77.6 Å². The molecule has 29 heavy (non-hydrogen) atoms. The summed E-state index contributed by atoms with van der Waals surface area (Å²) in [6, 6.07) is 1.73. The van der Waals surface area contributed by atoms with Gasteiger partial charge in [-0.3, -0.25) is 4.79 Å². The van der Waals surface area contributed by atoms with Crippen LogP contribution in [0.4, 0.5) is 0 Å². The molecule has 0 aromatic carbocycles. The highest BCUT2D eigenvalue weighted by atomic mass is 16.2. The van der Waals surface area contributed by atoms with Gasteiger partial charge < -0.3 is 20.4 Å². The molecule has 6 nitrogen and oxygen atoms in total. The largest absolute Gasteiger partial charge is 0.354 e. The monoisotopic (exact) mass is 405 g/mol. The molecule has 2 saturated carbocycles. The van der Waals surface area contributed by atoms with Gasteiger partial charge in [-0.05, 0) is 70.4 Å². The standard InChI is InChI=1S/C23H43N5O/c1-18-13-15-28(16-14-18)21-11-9-20(10-12-21)26-23(24-17-22(29)27(2)3)25-19-7-5-4-6-8-19/h18-21H,4-17H2,1-3H3,(H2,24,25,26). The molecule has 0 spiro atoms. The number of nitrogens with zero attached hydrogens (tertiary/aromatic N) is 3. The molecule has 0 bridgehead atoms. The number of nitrogens with one attached hydrogen (secondary N) is 2. The highest BCUT2D eigenvalue weighted by Crippen LogP contribution is 2.27. The smallest absolute Gasteiger partial charge is 0.243 e. The maximum absolute atomic E-state index is 12.0. The van der Waals surface area contributed by atoms with Crippen LogP contribution >= 0.6 is 0 Å². The van der Waals surface area contributed by atoms with Crippen LogP contribution in [0, 0.1) is 5.92 Å². The van der Waals surface area contributed by atoms with Crippen molar-refractivity contribution in [3.63, 3.8) is 0 Å². The molecule has 1 heterocycles. The molecular weight excluding hydrogens is 362 g/mol. The number of amides is 1. The van der Waals surface area contributed by atoms with E-state index in [9.17, 15) is 4.79 Å². The number of piperidine rings is 1. The summed E-state index contributed by atoms with van der Waals surface area (Å²) in [7, 11) is 3.59. The zero-order valence-electron chi connectivity index (χ0n) is 19.0. The van der Waals surface area contributed by atoms with Crippen molar-refractivity contribution in [1.29, 1.82) is 0 Å². The van der Waals surface area contributed by atoms with Gasteiger partial charge in [0.05, 0.1) is 0 Å². The van der Waals surface area contributed by atoms with Crippen LogP contribution in [0.2, 0.25) is 0 Å². The van der Waals surface area contributed by atoms with Gasteiger partial charge in [-0.2, -0.15) is 0 Å². The average Bonchev–Trinajstić information content (AvgIpc) is 2.73. The summed E-state index contributed by atoms with van der Waals surface area (Å²) < 4.78 is 0. The summed E-state index contributed by atoms with van der Waals surface area (Å²) >= 11 is 0. The number of hydrogen-bond donors (Lipinski definition) is 2. The van der Waals surface area contributed by atoms with Gasteiger partial charge in [-0.25, -0.2) is 4.99 Å². The van der Waals surface area contributed by atoms with E-state index in [1.807, 2.05) is 0 Å². The summed E-state index contributed by atoms with van der Waals surface area (Å²) in [6.07, 6.45) is 14.0. The zero-order valence-corrected chi connectivity index (χ0v) is 19.0. The first-order chi connectivity index (χ1) is 14.0. The maximum atomic E-state index is 12.0. The van der Waals surface area contributed by atoms with Gasteiger partial charge in [0.15, 0.2) is 5.96 Å². The van der Waals surface area contributed by atoms with Crippen LogP contribution in [0.15, 0.2) is 4.99 Å². The van der Waals surface area contributed by atoms with E-state index in [2.05, 4.69) is 27.4 Å². The molecule has 166 valence electrons. The fourth-order valence-corrected chi connectivity index (χ4v) is 5.03. The Morgan fingerprint density at radius 3 is 2.07 bits per heavy atom. The van der Waals surface area contributed by atoms with Crippen molar-refractivity contribution in [2.75, 3.05) is 33.7 Å². The van der Waals surface area contributed by atoms with Crippen molar-refractivity contribution in [2.45, 2.75) is 95.7 Å². The Labute approximate surface area is 177 Å². The van der Waals surface area contributed by atoms with E-state index in [0.717, 1.165) is 17.9 Å². The van der Waals surface area contributed by atoms with Crippen molar-refractivity contribution < 1.29 is 4.79 Å². The minimum absolute atomic E-state index is 0.0535. The Morgan fingerprint density at radius 1 is 0.897 bits per heavy atom. The van der Waals surface area contributed by atoms with Gasteiger partial charge in [0.25, 0.3) is 0 Å². The molecule has 2 aliphatic carbocycles. The number of rotatable bonds is 5. The highest BCUT2D eigenvalue weighted by molar-refractivity contribution is 5.85. The topological polar surface area (TPSA) is 60.0 Å². The number of likely N-dealkylation sites (N-methyl/N-ethyl adjacent to an activating group) is 1. The number of carbonyl (C=O) groups excluding carboxylic acids is 1. The third-order valence-corrected chi connectivity index (χ3v) is 7.19. The summed E-state index contributed by atoms with van der Waals surface area (Å²) in [4.78, 5) is 21.0. The summed E-state index contributed by atoms with van der Waals surface area (Å²) in [6.45, 7) is 5.18. The number of aliphatic imine (C=N–C) groups is 1. The van der Waals surface area contributed by atoms with Gasteiger partial charge in [0, 0.05) is 32.2 Å². The first-order valence-electron chi connectivity index (χ1n) is 12.0. The van der Waals surface area contributed by atoms with Crippen molar-refractivity contribution in [3.8, 4) is 0 Å². The second kappa shape index (κ2) is 11.2. The SMILES string of the molecule is CC1CCN(C2CCC(NC(=NCC(=O)N(C)C)NC3CCCCC3)CC2)CC1. The highest BCUT2D eigenvalue weighted by Gasteiger charge is 2.28. The predicted molar refractivity (Wildman–Crippen MR) is 120 cm³/mol. The molecular formula is C23H43N5O. The van der Waals surface area contributed by atoms with E-state index in [1.165, 1.54) is 83.7 Å². The van der Waals surface area contributed by atoms with Crippen LogP contribution in [-0.2, 0) is 4.79 Å². The Hall–Kier alpha value is -1.30. The molecule has 0 unspecified atom stereocenters. The Balaban J connectivity index is 1.50. The molecule has 0 atom stereocenters. The fraction of sp³-hybridized carbons (Fsp3) is 0.913. The van der Waals surface area contributed by atoms with Gasteiger partial charge in [0.2, 0.25) is 5.91 Å². The molecule has 1 saturated heterocycles. The van der Waals surface area contributed by atoms with Crippen LogP contribution in [0.25, 0.3) is 0 Å². The molecule has 0 aromatic heterocycles. The van der Waals surface area contributed by atoms with Crippen molar-refractivity contribution in [2.24, 2.45) is 10.9 Å².